The molecule has 11 rings (SSSR count). The summed E-state index contributed by atoms with van der Waals surface area (Å²) >= 11 is 0. The summed E-state index contributed by atoms with van der Waals surface area (Å²) in [5, 5.41) is 25.9. The van der Waals surface area contributed by atoms with E-state index in [9.17, 15) is 10.5 Å². The highest BCUT2D eigenvalue weighted by Gasteiger charge is 2.50. The second kappa shape index (κ2) is 8.70. The van der Waals surface area contributed by atoms with Crippen LogP contribution in [0.25, 0.3) is 71.2 Å². The largest absolute Gasteiger partial charge is 0.309 e. The molecule has 0 saturated carbocycles. The summed E-state index contributed by atoms with van der Waals surface area (Å²) in [4.78, 5) is 9.48. The summed E-state index contributed by atoms with van der Waals surface area (Å²) < 4.78 is 2.45. The number of benzene rings is 7. The van der Waals surface area contributed by atoms with Gasteiger partial charge in [-0.25, -0.2) is 9.97 Å². The van der Waals surface area contributed by atoms with Crippen LogP contribution in [0.1, 0.15) is 33.6 Å². The molecule has 2 aliphatic rings. The van der Waals surface area contributed by atoms with Crippen LogP contribution in [0.3, 0.4) is 0 Å². The third-order valence-corrected chi connectivity index (χ3v) is 10.7. The quantitative estimate of drug-likeness (QED) is 0.161. The number of fused-ring (bicyclic) bond motifs is 19. The van der Waals surface area contributed by atoms with Crippen molar-refractivity contribution in [2.24, 2.45) is 0 Å². The zero-order valence-corrected chi connectivity index (χ0v) is 25.4. The van der Waals surface area contributed by atoms with Crippen LogP contribution in [0.2, 0.25) is 0 Å². The summed E-state index contributed by atoms with van der Waals surface area (Å²) in [6.07, 6.45) is 0. The van der Waals surface area contributed by atoms with E-state index in [0.29, 0.717) is 11.0 Å². The Balaban J connectivity index is 1.40. The molecule has 1 aliphatic heterocycles. The minimum absolute atomic E-state index is 0.0405. The number of nitrogens with zero attached hydrogens (tertiary/aromatic N) is 5. The Morgan fingerprint density at radius 1 is 0.479 bits per heavy atom. The Labute approximate surface area is 274 Å². The highest BCUT2D eigenvalue weighted by atomic mass is 15.0. The third-order valence-electron chi connectivity index (χ3n) is 10.7. The summed E-state index contributed by atoms with van der Waals surface area (Å²) in [5.41, 5.74) is 12.0. The van der Waals surface area contributed by atoms with Gasteiger partial charge in [0.2, 0.25) is 0 Å². The van der Waals surface area contributed by atoms with Crippen LogP contribution in [-0.2, 0) is 5.41 Å². The Hall–Kier alpha value is -6.82. The number of nitriles is 2. The molecule has 0 saturated heterocycles. The number of para-hydroxylation sites is 2. The predicted molar refractivity (Wildman–Crippen MR) is 189 cm³/mol. The summed E-state index contributed by atoms with van der Waals surface area (Å²) in [5.74, 6) is 0. The first kappa shape index (κ1) is 25.4. The second-order valence-electron chi connectivity index (χ2n) is 12.7. The lowest BCUT2D eigenvalue weighted by molar-refractivity contribution is 0.748. The molecule has 2 aromatic heterocycles. The maximum absolute atomic E-state index is 9.91. The van der Waals surface area contributed by atoms with Crippen molar-refractivity contribution >= 4 is 54.4 Å². The minimum atomic E-state index is -0.487. The fourth-order valence-electron chi connectivity index (χ4n) is 9.01. The smallest absolute Gasteiger partial charge is 0.177 e. The SMILES string of the molecule is N#Cc1nc2c3ccccc3c3c(ccc4c3c3cccc5c3n4-c3ccccc3C53c4ccccc4-c4ccccc43)c2nc1C#N. The fraction of sp³-hybridized carbons (Fsp3) is 0.0233. The van der Waals surface area contributed by atoms with Crippen LogP contribution in [-0.4, -0.2) is 14.5 Å². The Bertz CT molecular complexity index is 3000. The zero-order valence-electron chi connectivity index (χ0n) is 25.4. The lowest BCUT2D eigenvalue weighted by Crippen LogP contribution is -2.33. The molecule has 48 heavy (non-hydrogen) atoms. The van der Waals surface area contributed by atoms with E-state index in [1.165, 1.54) is 38.9 Å². The number of rotatable bonds is 0. The lowest BCUT2D eigenvalue weighted by Gasteiger charge is -2.39. The standard InChI is InChI=1S/C43H21N5/c44-22-34-35(23-45)47-41-28-20-21-37-39(38(28)26-12-1-2-13-27(26)40(41)46-34)29-14-9-18-33-42(29)48(37)36-19-8-7-17-32(36)43(33)30-15-5-3-10-24(30)25-11-4-6-16-31(25)43/h1-21H. The number of hydrogen-bond acceptors (Lipinski definition) is 4. The molecule has 1 spiro atoms. The molecule has 218 valence electrons. The maximum atomic E-state index is 9.91. The van der Waals surface area contributed by atoms with Crippen molar-refractivity contribution in [1.82, 2.24) is 14.5 Å². The summed E-state index contributed by atoms with van der Waals surface area (Å²) in [6, 6.07) is 50.1. The van der Waals surface area contributed by atoms with Gasteiger partial charge in [-0.1, -0.05) is 109 Å². The van der Waals surface area contributed by atoms with Crippen LogP contribution in [0.5, 0.6) is 0 Å². The van der Waals surface area contributed by atoms with Gasteiger partial charge in [0.1, 0.15) is 12.1 Å². The second-order valence-corrected chi connectivity index (χ2v) is 12.7. The molecule has 3 heterocycles. The van der Waals surface area contributed by atoms with E-state index in [2.05, 4.69) is 126 Å². The first-order chi connectivity index (χ1) is 23.8. The van der Waals surface area contributed by atoms with E-state index in [1.54, 1.807) is 0 Å². The molecule has 0 N–H and O–H groups in total. The molecule has 0 atom stereocenters. The average molecular weight is 608 g/mol. The average Bonchev–Trinajstić information content (AvgIpc) is 3.65. The molecule has 0 amide bonds. The lowest BCUT2D eigenvalue weighted by atomic mass is 9.65. The summed E-state index contributed by atoms with van der Waals surface area (Å²) in [7, 11) is 0. The van der Waals surface area contributed by atoms with Gasteiger partial charge in [0.25, 0.3) is 0 Å². The van der Waals surface area contributed by atoms with Crippen molar-refractivity contribution in [3.63, 3.8) is 0 Å². The number of aromatic nitrogens is 3. The molecular weight excluding hydrogens is 587 g/mol. The topological polar surface area (TPSA) is 78.3 Å². The number of hydrogen-bond donors (Lipinski definition) is 0. The van der Waals surface area contributed by atoms with Crippen molar-refractivity contribution in [2.45, 2.75) is 5.41 Å². The van der Waals surface area contributed by atoms with Crippen molar-refractivity contribution in [3.05, 3.63) is 161 Å². The molecule has 0 unspecified atom stereocenters. The van der Waals surface area contributed by atoms with Gasteiger partial charge in [0.15, 0.2) is 11.4 Å². The van der Waals surface area contributed by atoms with E-state index in [-0.39, 0.29) is 11.4 Å². The molecule has 0 radical (unpaired) electrons. The summed E-state index contributed by atoms with van der Waals surface area (Å²) in [6.45, 7) is 0. The Kier molecular flexibility index (Phi) is 4.60. The molecule has 5 heteroatoms. The zero-order chi connectivity index (χ0) is 31.7. The molecule has 5 nitrogen and oxygen atoms in total. The first-order valence-electron chi connectivity index (χ1n) is 16.0. The van der Waals surface area contributed by atoms with E-state index in [1.807, 2.05) is 18.2 Å². The molecule has 1 aliphatic carbocycles. The molecule has 7 aromatic carbocycles. The van der Waals surface area contributed by atoms with Crippen LogP contribution < -0.4 is 0 Å². The molecule has 9 aromatic rings. The molecular formula is C43H21N5. The highest BCUT2D eigenvalue weighted by Crippen LogP contribution is 2.61. The Morgan fingerprint density at radius 2 is 1.04 bits per heavy atom. The van der Waals surface area contributed by atoms with E-state index >= 15 is 0 Å². The minimum Gasteiger partial charge on any atom is -0.309 e. The van der Waals surface area contributed by atoms with Crippen molar-refractivity contribution in [1.29, 1.82) is 10.5 Å². The van der Waals surface area contributed by atoms with E-state index < -0.39 is 5.41 Å². The van der Waals surface area contributed by atoms with Gasteiger partial charge in [-0.3, -0.25) is 0 Å². The molecule has 0 bridgehead atoms. The van der Waals surface area contributed by atoms with Gasteiger partial charge in [0.05, 0.1) is 33.2 Å². The van der Waals surface area contributed by atoms with Gasteiger partial charge in [-0.2, -0.15) is 10.5 Å². The van der Waals surface area contributed by atoms with Crippen LogP contribution in [0.4, 0.5) is 0 Å². The van der Waals surface area contributed by atoms with E-state index in [4.69, 9.17) is 9.97 Å². The van der Waals surface area contributed by atoms with Crippen molar-refractivity contribution in [2.75, 3.05) is 0 Å². The molecule has 0 fully saturated rings. The Morgan fingerprint density at radius 3 is 1.75 bits per heavy atom. The fourth-order valence-corrected chi connectivity index (χ4v) is 9.01. The first-order valence-corrected chi connectivity index (χ1v) is 16.0. The van der Waals surface area contributed by atoms with Crippen LogP contribution in [0, 0.1) is 22.7 Å². The van der Waals surface area contributed by atoms with E-state index in [0.717, 1.165) is 43.5 Å². The monoisotopic (exact) mass is 607 g/mol. The maximum Gasteiger partial charge on any atom is 0.177 e. The third kappa shape index (κ3) is 2.75. The highest BCUT2D eigenvalue weighted by molar-refractivity contribution is 6.34. The predicted octanol–water partition coefficient (Wildman–Crippen LogP) is 9.45. The van der Waals surface area contributed by atoms with Gasteiger partial charge >= 0.3 is 0 Å². The van der Waals surface area contributed by atoms with Gasteiger partial charge in [0, 0.05) is 26.9 Å². The van der Waals surface area contributed by atoms with Crippen LogP contribution in [0.15, 0.2) is 127 Å². The van der Waals surface area contributed by atoms with Crippen molar-refractivity contribution in [3.8, 4) is 29.0 Å². The van der Waals surface area contributed by atoms with Crippen LogP contribution >= 0.6 is 0 Å². The normalized spacial score (nSPS) is 13.5. The van der Waals surface area contributed by atoms with Gasteiger partial charge in [-0.05, 0) is 57.0 Å². The van der Waals surface area contributed by atoms with Gasteiger partial charge in [-0.15, -0.1) is 0 Å². The van der Waals surface area contributed by atoms with Crippen molar-refractivity contribution < 1.29 is 0 Å². The van der Waals surface area contributed by atoms with Gasteiger partial charge < -0.3 is 4.57 Å².